The number of nitrogens with zero attached hydrogens (tertiary/aromatic N) is 3. The molecular weight excluding hydrogens is 210 g/mol. The van der Waals surface area contributed by atoms with E-state index in [4.69, 9.17) is 5.73 Å². The Labute approximate surface area is 91.9 Å². The maximum Gasteiger partial charge on any atom is 0.189 e. The van der Waals surface area contributed by atoms with Gasteiger partial charge in [0.2, 0.25) is 0 Å². The number of aryl methyl sites for hydroxylation is 2. The van der Waals surface area contributed by atoms with Crippen LogP contribution in [0.15, 0.2) is 12.4 Å². The molecule has 0 aliphatic rings. The Morgan fingerprint density at radius 1 is 1.60 bits per heavy atom. The quantitative estimate of drug-likeness (QED) is 0.832. The molecule has 80 valence electrons. The lowest BCUT2D eigenvalue weighted by Crippen LogP contribution is -1.92. The van der Waals surface area contributed by atoms with E-state index in [9.17, 15) is 0 Å². The number of rotatable bonds is 3. The van der Waals surface area contributed by atoms with Gasteiger partial charge in [0.15, 0.2) is 5.13 Å². The summed E-state index contributed by atoms with van der Waals surface area (Å²) >= 11 is 1.43. The molecule has 15 heavy (non-hydrogen) atoms. The molecule has 0 unspecified atom stereocenters. The summed E-state index contributed by atoms with van der Waals surface area (Å²) in [6.45, 7) is 2.07. The van der Waals surface area contributed by atoms with E-state index in [0.717, 1.165) is 22.9 Å². The monoisotopic (exact) mass is 223 g/mol. The zero-order chi connectivity index (χ0) is 10.8. The Morgan fingerprint density at radius 3 is 3.00 bits per heavy atom. The van der Waals surface area contributed by atoms with Gasteiger partial charge in [-0.1, -0.05) is 18.3 Å². The Bertz CT molecular complexity index is 459. The van der Waals surface area contributed by atoms with Crippen LogP contribution < -0.4 is 11.1 Å². The third-order valence-corrected chi connectivity index (χ3v) is 2.75. The molecule has 0 aromatic carbocycles. The number of nitrogens with one attached hydrogen (secondary N) is 1. The van der Waals surface area contributed by atoms with Gasteiger partial charge in [0.25, 0.3) is 0 Å². The van der Waals surface area contributed by atoms with Crippen LogP contribution in [0.25, 0.3) is 0 Å². The van der Waals surface area contributed by atoms with Gasteiger partial charge < -0.3 is 11.1 Å². The van der Waals surface area contributed by atoms with Crippen molar-refractivity contribution in [2.75, 3.05) is 11.1 Å². The lowest BCUT2D eigenvalue weighted by atomic mass is 10.3. The second kappa shape index (κ2) is 3.90. The third-order valence-electron chi connectivity index (χ3n) is 2.01. The van der Waals surface area contributed by atoms with Gasteiger partial charge in [-0.15, -0.1) is 0 Å². The fraction of sp³-hybridized carbons (Fsp3) is 0.333. The summed E-state index contributed by atoms with van der Waals surface area (Å²) in [6.07, 6.45) is 4.48. The fourth-order valence-electron chi connectivity index (χ4n) is 1.36. The molecule has 2 aromatic rings. The predicted octanol–water partition coefficient (Wildman–Crippen LogP) is 1.76. The molecule has 2 rings (SSSR count). The molecule has 0 aliphatic carbocycles. The second-order valence-corrected chi connectivity index (χ2v) is 4.27. The van der Waals surface area contributed by atoms with Crippen molar-refractivity contribution in [3.8, 4) is 0 Å². The summed E-state index contributed by atoms with van der Waals surface area (Å²) in [7, 11) is 1.90. The second-order valence-electron chi connectivity index (χ2n) is 3.21. The standard InChI is InChI=1S/C9H13N5S/c1-3-6-7(5-14(2)13-6)12-9-11-4-8(10)15-9/h4-5H,3,10H2,1-2H3,(H,11,12). The van der Waals surface area contributed by atoms with E-state index in [2.05, 4.69) is 22.3 Å². The molecule has 2 aromatic heterocycles. The molecule has 0 aliphatic heterocycles. The molecule has 0 bridgehead atoms. The van der Waals surface area contributed by atoms with Crippen LogP contribution in [0.2, 0.25) is 0 Å². The third kappa shape index (κ3) is 2.10. The molecule has 2 heterocycles. The molecule has 0 saturated heterocycles. The van der Waals surface area contributed by atoms with Crippen LogP contribution in [0.3, 0.4) is 0 Å². The van der Waals surface area contributed by atoms with Gasteiger partial charge in [0.05, 0.1) is 17.6 Å². The van der Waals surface area contributed by atoms with Crippen molar-refractivity contribution in [2.24, 2.45) is 7.05 Å². The number of nitrogens with two attached hydrogens (primary N) is 1. The van der Waals surface area contributed by atoms with Crippen molar-refractivity contribution in [3.63, 3.8) is 0 Å². The predicted molar refractivity (Wildman–Crippen MR) is 62.4 cm³/mol. The van der Waals surface area contributed by atoms with Crippen LogP contribution in [0.5, 0.6) is 0 Å². The normalized spacial score (nSPS) is 10.5. The summed E-state index contributed by atoms with van der Waals surface area (Å²) < 4.78 is 1.79. The first-order valence-electron chi connectivity index (χ1n) is 4.70. The molecular formula is C9H13N5S. The van der Waals surface area contributed by atoms with Crippen molar-refractivity contribution >= 4 is 27.2 Å². The van der Waals surface area contributed by atoms with Gasteiger partial charge in [0.1, 0.15) is 5.00 Å². The molecule has 0 spiro atoms. The number of aromatic nitrogens is 3. The minimum atomic E-state index is 0.708. The zero-order valence-electron chi connectivity index (χ0n) is 8.69. The molecule has 5 nitrogen and oxygen atoms in total. The van der Waals surface area contributed by atoms with Gasteiger partial charge in [-0.05, 0) is 6.42 Å². The SMILES string of the molecule is CCc1nn(C)cc1Nc1ncc(N)s1. The largest absolute Gasteiger partial charge is 0.389 e. The van der Waals surface area contributed by atoms with Crippen LogP contribution >= 0.6 is 11.3 Å². The summed E-state index contributed by atoms with van der Waals surface area (Å²) in [5.74, 6) is 0. The fourth-order valence-corrected chi connectivity index (χ4v) is 1.95. The van der Waals surface area contributed by atoms with E-state index in [0.29, 0.717) is 5.00 Å². The average Bonchev–Trinajstić information content (AvgIpc) is 2.73. The number of hydrogen-bond acceptors (Lipinski definition) is 5. The Balaban J connectivity index is 2.23. The summed E-state index contributed by atoms with van der Waals surface area (Å²) in [6, 6.07) is 0. The zero-order valence-corrected chi connectivity index (χ0v) is 9.51. The number of anilines is 3. The highest BCUT2D eigenvalue weighted by atomic mass is 32.1. The Kier molecular flexibility index (Phi) is 2.59. The van der Waals surface area contributed by atoms with E-state index >= 15 is 0 Å². The van der Waals surface area contributed by atoms with Crippen molar-refractivity contribution in [2.45, 2.75) is 13.3 Å². The van der Waals surface area contributed by atoms with Gasteiger partial charge in [0, 0.05) is 13.2 Å². The molecule has 0 fully saturated rings. The van der Waals surface area contributed by atoms with Crippen molar-refractivity contribution in [1.29, 1.82) is 0 Å². The highest BCUT2D eigenvalue weighted by molar-refractivity contribution is 7.19. The maximum atomic E-state index is 5.60. The van der Waals surface area contributed by atoms with E-state index in [1.54, 1.807) is 10.9 Å². The van der Waals surface area contributed by atoms with E-state index in [1.807, 2.05) is 13.2 Å². The summed E-state index contributed by atoms with van der Waals surface area (Å²) in [5, 5.41) is 9.05. The number of nitrogen functional groups attached to an aromatic ring is 1. The van der Waals surface area contributed by atoms with Crippen LogP contribution in [-0.2, 0) is 13.5 Å². The highest BCUT2D eigenvalue weighted by Crippen LogP contribution is 2.25. The van der Waals surface area contributed by atoms with Crippen LogP contribution in [0.1, 0.15) is 12.6 Å². The van der Waals surface area contributed by atoms with Gasteiger partial charge in [-0.25, -0.2) is 4.98 Å². The average molecular weight is 223 g/mol. The van der Waals surface area contributed by atoms with E-state index < -0.39 is 0 Å². The van der Waals surface area contributed by atoms with Crippen molar-refractivity contribution in [1.82, 2.24) is 14.8 Å². The van der Waals surface area contributed by atoms with E-state index in [-0.39, 0.29) is 0 Å². The first-order valence-corrected chi connectivity index (χ1v) is 5.51. The molecule has 0 radical (unpaired) electrons. The lowest BCUT2D eigenvalue weighted by Gasteiger charge is -1.99. The number of thiazole rings is 1. The van der Waals surface area contributed by atoms with Crippen molar-refractivity contribution < 1.29 is 0 Å². The molecule has 6 heteroatoms. The minimum Gasteiger partial charge on any atom is -0.389 e. The van der Waals surface area contributed by atoms with Crippen molar-refractivity contribution in [3.05, 3.63) is 18.1 Å². The topological polar surface area (TPSA) is 68.8 Å². The minimum absolute atomic E-state index is 0.708. The number of hydrogen-bond donors (Lipinski definition) is 2. The molecule has 0 saturated carbocycles. The first-order chi connectivity index (χ1) is 7.19. The Morgan fingerprint density at radius 2 is 2.40 bits per heavy atom. The maximum absolute atomic E-state index is 5.60. The van der Waals surface area contributed by atoms with Crippen LogP contribution in [0, 0.1) is 0 Å². The molecule has 3 N–H and O–H groups in total. The molecule has 0 amide bonds. The van der Waals surface area contributed by atoms with Crippen LogP contribution in [0.4, 0.5) is 15.8 Å². The van der Waals surface area contributed by atoms with Gasteiger partial charge in [-0.3, -0.25) is 4.68 Å². The van der Waals surface area contributed by atoms with Gasteiger partial charge in [-0.2, -0.15) is 5.10 Å². The van der Waals surface area contributed by atoms with E-state index in [1.165, 1.54) is 11.3 Å². The first kappa shape index (κ1) is 9.97. The summed E-state index contributed by atoms with van der Waals surface area (Å²) in [4.78, 5) is 4.14. The smallest absolute Gasteiger partial charge is 0.189 e. The highest BCUT2D eigenvalue weighted by Gasteiger charge is 2.07. The van der Waals surface area contributed by atoms with Crippen LogP contribution in [-0.4, -0.2) is 14.8 Å². The Hall–Kier alpha value is -1.56. The molecule has 0 atom stereocenters. The van der Waals surface area contributed by atoms with Gasteiger partial charge >= 0.3 is 0 Å². The summed E-state index contributed by atoms with van der Waals surface area (Å²) in [5.41, 5.74) is 7.63. The lowest BCUT2D eigenvalue weighted by molar-refractivity contribution is 0.746.